The van der Waals surface area contributed by atoms with Gasteiger partial charge in [-0.2, -0.15) is 0 Å². The molecule has 3 rings (SSSR count). The van der Waals surface area contributed by atoms with Crippen LogP contribution < -0.4 is 4.74 Å². The molecule has 2 amide bonds. The second-order valence-electron chi connectivity index (χ2n) is 6.25. The van der Waals surface area contributed by atoms with Crippen LogP contribution in [-0.4, -0.2) is 54.4 Å². The Morgan fingerprint density at radius 1 is 0.962 bits per heavy atom. The van der Waals surface area contributed by atoms with E-state index in [-0.39, 0.29) is 24.0 Å². The maximum atomic E-state index is 13.8. The van der Waals surface area contributed by atoms with Gasteiger partial charge in [-0.05, 0) is 31.2 Å². The van der Waals surface area contributed by atoms with Gasteiger partial charge in [0.05, 0.1) is 5.56 Å². The molecular weight excluding hydrogens is 335 g/mol. The molecule has 5 nitrogen and oxygen atoms in total. The summed E-state index contributed by atoms with van der Waals surface area (Å²) >= 11 is 0. The van der Waals surface area contributed by atoms with E-state index in [0.717, 1.165) is 5.56 Å². The highest BCUT2D eigenvalue weighted by atomic mass is 19.1. The minimum Gasteiger partial charge on any atom is -0.484 e. The molecule has 136 valence electrons. The summed E-state index contributed by atoms with van der Waals surface area (Å²) in [6, 6.07) is 13.4. The number of amides is 2. The summed E-state index contributed by atoms with van der Waals surface area (Å²) in [5.41, 5.74) is 1.19. The Hall–Kier alpha value is -2.89. The zero-order chi connectivity index (χ0) is 18.5. The highest BCUT2D eigenvalue weighted by Gasteiger charge is 2.26. The normalized spacial score (nSPS) is 14.2. The fraction of sp³-hybridized carbons (Fsp3) is 0.300. The van der Waals surface area contributed by atoms with Crippen molar-refractivity contribution in [2.75, 3.05) is 32.8 Å². The maximum absolute atomic E-state index is 13.8. The zero-order valence-corrected chi connectivity index (χ0v) is 14.7. The molecule has 1 heterocycles. The van der Waals surface area contributed by atoms with E-state index in [9.17, 15) is 14.0 Å². The number of nitrogens with zero attached hydrogens (tertiary/aromatic N) is 2. The van der Waals surface area contributed by atoms with Gasteiger partial charge in [-0.3, -0.25) is 9.59 Å². The van der Waals surface area contributed by atoms with Crippen molar-refractivity contribution in [3.05, 3.63) is 65.5 Å². The second-order valence-corrected chi connectivity index (χ2v) is 6.25. The summed E-state index contributed by atoms with van der Waals surface area (Å²) in [6.07, 6.45) is 0. The predicted octanol–water partition coefficient (Wildman–Crippen LogP) is 2.50. The molecule has 0 N–H and O–H groups in total. The molecule has 0 unspecified atom stereocenters. The molecule has 2 aromatic rings. The van der Waals surface area contributed by atoms with E-state index >= 15 is 0 Å². The predicted molar refractivity (Wildman–Crippen MR) is 95.6 cm³/mol. The molecule has 6 heteroatoms. The minimum atomic E-state index is -0.525. The summed E-state index contributed by atoms with van der Waals surface area (Å²) in [5, 5.41) is 0. The van der Waals surface area contributed by atoms with Crippen LogP contribution in [0.15, 0.2) is 48.5 Å². The molecule has 26 heavy (non-hydrogen) atoms. The van der Waals surface area contributed by atoms with Crippen LogP contribution in [0, 0.1) is 12.7 Å². The first kappa shape index (κ1) is 17.9. The smallest absolute Gasteiger partial charge is 0.260 e. The van der Waals surface area contributed by atoms with Crippen LogP contribution in [0.1, 0.15) is 15.9 Å². The highest BCUT2D eigenvalue weighted by Crippen LogP contribution is 2.14. The zero-order valence-electron chi connectivity index (χ0n) is 14.7. The van der Waals surface area contributed by atoms with Crippen molar-refractivity contribution in [1.82, 2.24) is 9.80 Å². The third kappa shape index (κ3) is 4.20. The van der Waals surface area contributed by atoms with E-state index in [4.69, 9.17) is 4.74 Å². The molecule has 1 aliphatic rings. The Balaban J connectivity index is 1.50. The van der Waals surface area contributed by atoms with E-state index in [2.05, 4.69) is 0 Å². The number of halogens is 1. The minimum absolute atomic E-state index is 0.0374. The summed E-state index contributed by atoms with van der Waals surface area (Å²) in [6.45, 7) is 3.53. The molecule has 0 aromatic heterocycles. The average molecular weight is 356 g/mol. The van der Waals surface area contributed by atoms with E-state index in [0.29, 0.717) is 31.9 Å². The number of piperazine rings is 1. The Morgan fingerprint density at radius 2 is 1.58 bits per heavy atom. The molecule has 1 saturated heterocycles. The van der Waals surface area contributed by atoms with Crippen molar-refractivity contribution in [2.45, 2.75) is 6.92 Å². The lowest BCUT2D eigenvalue weighted by Gasteiger charge is -2.34. The van der Waals surface area contributed by atoms with Gasteiger partial charge in [0.1, 0.15) is 11.6 Å². The summed E-state index contributed by atoms with van der Waals surface area (Å²) in [5.74, 6) is -0.338. The SMILES string of the molecule is Cc1ccc(OCC(=O)N2CCN(C(=O)c3ccccc3F)CC2)cc1. The van der Waals surface area contributed by atoms with Gasteiger partial charge in [0, 0.05) is 26.2 Å². The van der Waals surface area contributed by atoms with Gasteiger partial charge in [0.15, 0.2) is 6.61 Å². The molecule has 0 bridgehead atoms. The van der Waals surface area contributed by atoms with E-state index in [1.165, 1.54) is 12.1 Å². The van der Waals surface area contributed by atoms with Gasteiger partial charge in [-0.1, -0.05) is 29.8 Å². The van der Waals surface area contributed by atoms with Crippen molar-refractivity contribution in [3.8, 4) is 5.75 Å². The van der Waals surface area contributed by atoms with Crippen LogP contribution in [0.2, 0.25) is 0 Å². The fourth-order valence-electron chi connectivity index (χ4n) is 2.83. The van der Waals surface area contributed by atoms with Crippen LogP contribution >= 0.6 is 0 Å². The maximum Gasteiger partial charge on any atom is 0.260 e. The molecule has 1 fully saturated rings. The lowest BCUT2D eigenvalue weighted by molar-refractivity contribution is -0.134. The summed E-state index contributed by atoms with van der Waals surface area (Å²) in [7, 11) is 0. The number of rotatable bonds is 4. The highest BCUT2D eigenvalue weighted by molar-refractivity contribution is 5.94. The number of hydrogen-bond acceptors (Lipinski definition) is 3. The molecular formula is C20H21FN2O3. The van der Waals surface area contributed by atoms with E-state index in [1.807, 2.05) is 31.2 Å². The number of aryl methyl sites for hydroxylation is 1. The number of ether oxygens (including phenoxy) is 1. The number of benzene rings is 2. The molecule has 0 saturated carbocycles. The Labute approximate surface area is 152 Å². The molecule has 2 aromatic carbocycles. The van der Waals surface area contributed by atoms with Crippen LogP contribution in [0.5, 0.6) is 5.75 Å². The fourth-order valence-corrected chi connectivity index (χ4v) is 2.83. The van der Waals surface area contributed by atoms with Crippen molar-refractivity contribution in [2.24, 2.45) is 0 Å². The Morgan fingerprint density at radius 3 is 2.23 bits per heavy atom. The molecule has 0 radical (unpaired) electrons. The molecule has 0 atom stereocenters. The van der Waals surface area contributed by atoms with Gasteiger partial charge >= 0.3 is 0 Å². The monoisotopic (exact) mass is 356 g/mol. The lowest BCUT2D eigenvalue weighted by atomic mass is 10.1. The van der Waals surface area contributed by atoms with Gasteiger partial charge in [0.25, 0.3) is 11.8 Å². The Bertz CT molecular complexity index is 784. The standard InChI is InChI=1S/C20H21FN2O3/c1-15-6-8-16(9-7-15)26-14-19(24)22-10-12-23(13-11-22)20(25)17-4-2-3-5-18(17)21/h2-9H,10-14H2,1H3. The molecule has 0 aliphatic carbocycles. The second kappa shape index (κ2) is 7.99. The molecule has 1 aliphatic heterocycles. The number of hydrogen-bond donors (Lipinski definition) is 0. The van der Waals surface area contributed by atoms with Crippen molar-refractivity contribution in [3.63, 3.8) is 0 Å². The quantitative estimate of drug-likeness (QED) is 0.846. The molecule has 0 spiro atoms. The van der Waals surface area contributed by atoms with Crippen LogP contribution in [0.4, 0.5) is 4.39 Å². The van der Waals surface area contributed by atoms with Crippen molar-refractivity contribution in [1.29, 1.82) is 0 Å². The first-order valence-corrected chi connectivity index (χ1v) is 8.55. The largest absolute Gasteiger partial charge is 0.484 e. The Kier molecular flexibility index (Phi) is 5.51. The average Bonchev–Trinajstić information content (AvgIpc) is 2.67. The van der Waals surface area contributed by atoms with Crippen molar-refractivity contribution >= 4 is 11.8 Å². The third-order valence-corrected chi connectivity index (χ3v) is 4.41. The van der Waals surface area contributed by atoms with Gasteiger partial charge in [-0.25, -0.2) is 4.39 Å². The van der Waals surface area contributed by atoms with Crippen LogP contribution in [0.25, 0.3) is 0 Å². The lowest BCUT2D eigenvalue weighted by Crippen LogP contribution is -2.51. The third-order valence-electron chi connectivity index (χ3n) is 4.41. The van der Waals surface area contributed by atoms with Crippen LogP contribution in [-0.2, 0) is 4.79 Å². The first-order valence-electron chi connectivity index (χ1n) is 8.55. The van der Waals surface area contributed by atoms with Gasteiger partial charge in [0.2, 0.25) is 0 Å². The van der Waals surface area contributed by atoms with Crippen molar-refractivity contribution < 1.29 is 18.7 Å². The summed E-state index contributed by atoms with van der Waals surface area (Å²) in [4.78, 5) is 27.9. The van der Waals surface area contributed by atoms with E-state index < -0.39 is 5.82 Å². The van der Waals surface area contributed by atoms with Gasteiger partial charge < -0.3 is 14.5 Å². The van der Waals surface area contributed by atoms with E-state index in [1.54, 1.807) is 21.9 Å². The first-order chi connectivity index (χ1) is 12.5. The number of carbonyl (C=O) groups is 2. The number of carbonyl (C=O) groups excluding carboxylic acids is 2. The topological polar surface area (TPSA) is 49.9 Å². The summed E-state index contributed by atoms with van der Waals surface area (Å²) < 4.78 is 19.3. The van der Waals surface area contributed by atoms with Crippen LogP contribution in [0.3, 0.4) is 0 Å². The van der Waals surface area contributed by atoms with Gasteiger partial charge in [-0.15, -0.1) is 0 Å².